The number of nitrogens with one attached hydrogen (secondary N) is 1. The van der Waals surface area contributed by atoms with E-state index in [0.717, 1.165) is 31.9 Å². The first kappa shape index (κ1) is 16.0. The monoisotopic (exact) mass is 387 g/mol. The highest BCUT2D eigenvalue weighted by Gasteiger charge is 2.09. The molecule has 0 unspecified atom stereocenters. The van der Waals surface area contributed by atoms with Crippen LogP contribution in [0.3, 0.4) is 0 Å². The number of benzene rings is 2. The Kier molecular flexibility index (Phi) is 4.93. The van der Waals surface area contributed by atoms with Crippen molar-refractivity contribution in [2.75, 3.05) is 11.1 Å². The number of hydrogen-bond donors (Lipinski definition) is 1. The van der Waals surface area contributed by atoms with E-state index >= 15 is 0 Å². The average Bonchev–Trinajstić information content (AvgIpc) is 2.55. The van der Waals surface area contributed by atoms with Crippen LogP contribution in [0.4, 0.5) is 5.69 Å². The second-order valence-electron chi connectivity index (χ2n) is 4.95. The fourth-order valence-corrected chi connectivity index (χ4v) is 3.09. The van der Waals surface area contributed by atoms with Crippen LogP contribution in [0, 0.1) is 6.92 Å². The van der Waals surface area contributed by atoms with Crippen molar-refractivity contribution < 1.29 is 4.79 Å². The molecule has 2 aromatic carbocycles. The molecular formula is C17H14BrN3OS. The lowest BCUT2D eigenvalue weighted by Crippen LogP contribution is -2.14. The van der Waals surface area contributed by atoms with Gasteiger partial charge in [-0.2, -0.15) is 0 Å². The second kappa shape index (κ2) is 7.10. The molecule has 0 saturated carbocycles. The molecule has 1 heterocycles. The molecule has 0 aliphatic rings. The molecule has 0 bridgehead atoms. The largest absolute Gasteiger partial charge is 0.325 e. The molecule has 0 aliphatic heterocycles. The lowest BCUT2D eigenvalue weighted by molar-refractivity contribution is -0.113. The number of fused-ring (bicyclic) bond motifs is 1. The molecule has 0 aliphatic carbocycles. The van der Waals surface area contributed by atoms with Crippen molar-refractivity contribution in [3.8, 4) is 0 Å². The third kappa shape index (κ3) is 4.09. The summed E-state index contributed by atoms with van der Waals surface area (Å²) in [7, 11) is 0. The zero-order valence-corrected chi connectivity index (χ0v) is 14.8. The van der Waals surface area contributed by atoms with E-state index in [0.29, 0.717) is 5.75 Å². The molecule has 0 atom stereocenters. The van der Waals surface area contributed by atoms with E-state index < -0.39 is 0 Å². The number of para-hydroxylation sites is 2. The summed E-state index contributed by atoms with van der Waals surface area (Å²) < 4.78 is 0.979. The van der Waals surface area contributed by atoms with E-state index in [-0.39, 0.29) is 5.91 Å². The summed E-state index contributed by atoms with van der Waals surface area (Å²) in [5.41, 5.74) is 3.33. The quantitative estimate of drug-likeness (QED) is 0.672. The van der Waals surface area contributed by atoms with Crippen LogP contribution < -0.4 is 5.32 Å². The molecule has 4 nitrogen and oxygen atoms in total. The molecule has 0 spiro atoms. The van der Waals surface area contributed by atoms with Gasteiger partial charge in [0.1, 0.15) is 5.03 Å². The zero-order chi connectivity index (χ0) is 16.2. The summed E-state index contributed by atoms with van der Waals surface area (Å²) in [6.45, 7) is 1.91. The minimum atomic E-state index is -0.0633. The van der Waals surface area contributed by atoms with E-state index in [9.17, 15) is 4.79 Å². The molecule has 3 rings (SSSR count). The van der Waals surface area contributed by atoms with Gasteiger partial charge in [0.15, 0.2) is 0 Å². The Balaban J connectivity index is 1.66. The molecule has 6 heteroatoms. The Bertz CT molecular complexity index is 852. The van der Waals surface area contributed by atoms with Crippen LogP contribution in [0.5, 0.6) is 0 Å². The number of aryl methyl sites for hydroxylation is 1. The predicted molar refractivity (Wildman–Crippen MR) is 97.8 cm³/mol. The van der Waals surface area contributed by atoms with Crippen molar-refractivity contribution in [3.63, 3.8) is 0 Å². The van der Waals surface area contributed by atoms with Gasteiger partial charge in [-0.25, -0.2) is 9.97 Å². The summed E-state index contributed by atoms with van der Waals surface area (Å²) in [4.78, 5) is 21.2. The number of aromatic nitrogens is 2. The Hall–Kier alpha value is -1.92. The molecule has 1 aromatic heterocycles. The molecule has 1 amide bonds. The van der Waals surface area contributed by atoms with E-state index in [2.05, 4.69) is 31.2 Å². The maximum absolute atomic E-state index is 12.1. The molecule has 1 N–H and O–H groups in total. The molecule has 0 radical (unpaired) electrons. The normalized spacial score (nSPS) is 10.7. The van der Waals surface area contributed by atoms with Gasteiger partial charge in [-0.3, -0.25) is 4.79 Å². The molecular weight excluding hydrogens is 374 g/mol. The van der Waals surface area contributed by atoms with Crippen LogP contribution in [-0.4, -0.2) is 21.6 Å². The summed E-state index contributed by atoms with van der Waals surface area (Å²) in [5.74, 6) is 0.232. The number of amides is 1. The van der Waals surface area contributed by atoms with Crippen molar-refractivity contribution in [3.05, 3.63) is 58.7 Å². The van der Waals surface area contributed by atoms with Gasteiger partial charge in [-0.1, -0.05) is 39.8 Å². The van der Waals surface area contributed by atoms with Gasteiger partial charge >= 0.3 is 0 Å². The average molecular weight is 388 g/mol. The van der Waals surface area contributed by atoms with Crippen molar-refractivity contribution in [1.82, 2.24) is 9.97 Å². The fourth-order valence-electron chi connectivity index (χ4n) is 2.07. The number of rotatable bonds is 4. The number of thioether (sulfide) groups is 1. The zero-order valence-electron chi connectivity index (χ0n) is 12.4. The Morgan fingerprint density at radius 2 is 1.74 bits per heavy atom. The van der Waals surface area contributed by atoms with Crippen molar-refractivity contribution in [2.24, 2.45) is 0 Å². The number of nitrogens with zero attached hydrogens (tertiary/aromatic N) is 2. The van der Waals surface area contributed by atoms with E-state index in [1.807, 2.05) is 55.5 Å². The number of carbonyl (C=O) groups is 1. The summed E-state index contributed by atoms with van der Waals surface area (Å²) in [5, 5.41) is 3.65. The van der Waals surface area contributed by atoms with Crippen molar-refractivity contribution in [1.29, 1.82) is 0 Å². The van der Waals surface area contributed by atoms with Crippen LogP contribution in [0.1, 0.15) is 5.69 Å². The molecule has 23 heavy (non-hydrogen) atoms. The van der Waals surface area contributed by atoms with Gasteiger partial charge in [-0.05, 0) is 43.3 Å². The Morgan fingerprint density at radius 3 is 2.43 bits per heavy atom. The maximum Gasteiger partial charge on any atom is 0.234 e. The van der Waals surface area contributed by atoms with Crippen LogP contribution >= 0.6 is 27.7 Å². The fraction of sp³-hybridized carbons (Fsp3) is 0.118. The maximum atomic E-state index is 12.1. The summed E-state index contributed by atoms with van der Waals surface area (Å²) >= 11 is 4.77. The Morgan fingerprint density at radius 1 is 1.09 bits per heavy atom. The number of hydrogen-bond acceptors (Lipinski definition) is 4. The van der Waals surface area contributed by atoms with Gasteiger partial charge in [0.05, 0.1) is 22.5 Å². The lowest BCUT2D eigenvalue weighted by Gasteiger charge is -2.07. The minimum Gasteiger partial charge on any atom is -0.325 e. The van der Waals surface area contributed by atoms with Gasteiger partial charge in [0.2, 0.25) is 5.91 Å². The summed E-state index contributed by atoms with van der Waals surface area (Å²) in [6.07, 6.45) is 0. The van der Waals surface area contributed by atoms with Crippen molar-refractivity contribution in [2.45, 2.75) is 11.9 Å². The first-order valence-corrected chi connectivity index (χ1v) is 8.81. The van der Waals surface area contributed by atoms with Gasteiger partial charge in [0, 0.05) is 10.2 Å². The van der Waals surface area contributed by atoms with Crippen molar-refractivity contribution >= 4 is 50.3 Å². The van der Waals surface area contributed by atoms with E-state index in [1.54, 1.807) is 0 Å². The molecule has 0 saturated heterocycles. The number of halogens is 1. The van der Waals surface area contributed by atoms with Gasteiger partial charge in [-0.15, -0.1) is 0 Å². The standard InChI is InChI=1S/C17H14BrN3OS/c1-11-17(21-15-5-3-2-4-14(15)19-11)23-10-16(22)20-13-8-6-12(18)7-9-13/h2-9H,10H2,1H3,(H,20,22). The van der Waals surface area contributed by atoms with Crippen LogP contribution in [-0.2, 0) is 4.79 Å². The minimum absolute atomic E-state index is 0.0633. The molecule has 116 valence electrons. The predicted octanol–water partition coefficient (Wildman–Crippen LogP) is 4.43. The van der Waals surface area contributed by atoms with Crippen LogP contribution in [0.2, 0.25) is 0 Å². The van der Waals surface area contributed by atoms with Crippen LogP contribution in [0.25, 0.3) is 11.0 Å². The highest BCUT2D eigenvalue weighted by atomic mass is 79.9. The second-order valence-corrected chi connectivity index (χ2v) is 6.83. The number of carbonyl (C=O) groups excluding carboxylic acids is 1. The smallest absolute Gasteiger partial charge is 0.234 e. The van der Waals surface area contributed by atoms with E-state index in [4.69, 9.17) is 0 Å². The number of anilines is 1. The summed E-state index contributed by atoms with van der Waals surface area (Å²) in [6, 6.07) is 15.2. The molecule has 0 fully saturated rings. The Labute approximate surface area is 146 Å². The third-order valence-electron chi connectivity index (χ3n) is 3.17. The first-order chi connectivity index (χ1) is 11.1. The third-order valence-corrected chi connectivity index (χ3v) is 4.76. The van der Waals surface area contributed by atoms with E-state index in [1.165, 1.54) is 11.8 Å². The van der Waals surface area contributed by atoms with Gasteiger partial charge < -0.3 is 5.32 Å². The SMILES string of the molecule is Cc1nc2ccccc2nc1SCC(=O)Nc1ccc(Br)cc1. The lowest BCUT2D eigenvalue weighted by atomic mass is 10.3. The van der Waals surface area contributed by atoms with Gasteiger partial charge in [0.25, 0.3) is 0 Å². The first-order valence-electron chi connectivity index (χ1n) is 7.03. The highest BCUT2D eigenvalue weighted by molar-refractivity contribution is 9.10. The topological polar surface area (TPSA) is 54.9 Å². The highest BCUT2D eigenvalue weighted by Crippen LogP contribution is 2.22. The van der Waals surface area contributed by atoms with Crippen LogP contribution in [0.15, 0.2) is 58.0 Å². The molecule has 3 aromatic rings.